The van der Waals surface area contributed by atoms with E-state index >= 15 is 0 Å². The van der Waals surface area contributed by atoms with Crippen molar-refractivity contribution in [3.05, 3.63) is 54.3 Å². The molecule has 3 nitrogen and oxygen atoms in total. The van der Waals surface area contributed by atoms with Crippen molar-refractivity contribution in [2.75, 3.05) is 13.1 Å². The van der Waals surface area contributed by atoms with E-state index in [0.717, 1.165) is 13.0 Å². The van der Waals surface area contributed by atoms with Crippen LogP contribution in [0.2, 0.25) is 0 Å². The summed E-state index contributed by atoms with van der Waals surface area (Å²) in [5.41, 5.74) is 3.99. The van der Waals surface area contributed by atoms with Gasteiger partial charge in [-0.15, -0.1) is 5.73 Å². The molecule has 2 rings (SSSR count). The van der Waals surface area contributed by atoms with Gasteiger partial charge in [-0.25, -0.2) is 4.79 Å². The highest BCUT2D eigenvalue weighted by molar-refractivity contribution is 5.74. The standard InChI is InChI=1S/C15H18N2O/c1-2-3-9-16-15(18)17-11-13-10-14(13)12-7-5-4-6-8-12/h3-8,13-14H,1,9-11H2,(H2,16,17,18)/t13-,14-/m0/s1. The van der Waals surface area contributed by atoms with Crippen LogP contribution in [0, 0.1) is 5.92 Å². The maximum Gasteiger partial charge on any atom is 0.315 e. The first-order valence-electron chi connectivity index (χ1n) is 6.22. The number of benzene rings is 1. The molecule has 18 heavy (non-hydrogen) atoms. The molecule has 1 aromatic carbocycles. The fraction of sp³-hybridized carbons (Fsp3) is 0.333. The molecule has 0 unspecified atom stereocenters. The Labute approximate surface area is 108 Å². The molecule has 1 aromatic rings. The molecule has 94 valence electrons. The van der Waals surface area contributed by atoms with E-state index in [-0.39, 0.29) is 6.03 Å². The first-order chi connectivity index (χ1) is 8.81. The highest BCUT2D eigenvalue weighted by Crippen LogP contribution is 2.46. The largest absolute Gasteiger partial charge is 0.338 e. The highest BCUT2D eigenvalue weighted by atomic mass is 16.2. The summed E-state index contributed by atoms with van der Waals surface area (Å²) in [5.74, 6) is 1.19. The van der Waals surface area contributed by atoms with E-state index in [4.69, 9.17) is 0 Å². The third kappa shape index (κ3) is 3.51. The number of urea groups is 1. The molecule has 0 radical (unpaired) electrons. The fourth-order valence-corrected chi connectivity index (χ4v) is 2.08. The van der Waals surface area contributed by atoms with Crippen LogP contribution in [0.4, 0.5) is 4.79 Å². The van der Waals surface area contributed by atoms with Crippen LogP contribution in [0.25, 0.3) is 0 Å². The van der Waals surface area contributed by atoms with Crippen LogP contribution < -0.4 is 10.6 Å². The summed E-state index contributed by atoms with van der Waals surface area (Å²) in [7, 11) is 0. The lowest BCUT2D eigenvalue weighted by atomic mass is 10.1. The van der Waals surface area contributed by atoms with Crippen LogP contribution >= 0.6 is 0 Å². The number of amides is 2. The van der Waals surface area contributed by atoms with Gasteiger partial charge in [-0.2, -0.15) is 0 Å². The third-order valence-electron chi connectivity index (χ3n) is 3.18. The smallest absolute Gasteiger partial charge is 0.315 e. The van der Waals surface area contributed by atoms with Gasteiger partial charge in [0.25, 0.3) is 0 Å². The van der Waals surface area contributed by atoms with Crippen molar-refractivity contribution in [2.45, 2.75) is 12.3 Å². The summed E-state index contributed by atoms with van der Waals surface area (Å²) in [6, 6.07) is 10.3. The Hall–Kier alpha value is -1.99. The van der Waals surface area contributed by atoms with Gasteiger partial charge in [0.1, 0.15) is 0 Å². The quantitative estimate of drug-likeness (QED) is 0.765. The summed E-state index contributed by atoms with van der Waals surface area (Å²) >= 11 is 0. The van der Waals surface area contributed by atoms with Gasteiger partial charge < -0.3 is 10.6 Å². The molecular formula is C15H18N2O. The van der Waals surface area contributed by atoms with Crippen LogP contribution in [0.15, 0.2) is 48.7 Å². The van der Waals surface area contributed by atoms with Crippen LogP contribution in [0.1, 0.15) is 17.9 Å². The van der Waals surface area contributed by atoms with E-state index in [1.807, 2.05) is 6.07 Å². The van der Waals surface area contributed by atoms with Gasteiger partial charge in [-0.1, -0.05) is 36.9 Å². The van der Waals surface area contributed by atoms with Crippen LogP contribution in [0.3, 0.4) is 0 Å². The Morgan fingerprint density at radius 1 is 1.39 bits per heavy atom. The van der Waals surface area contributed by atoms with Crippen molar-refractivity contribution in [3.8, 4) is 0 Å². The van der Waals surface area contributed by atoms with Gasteiger partial charge in [-0.05, 0) is 29.9 Å². The van der Waals surface area contributed by atoms with Crippen LogP contribution in [-0.4, -0.2) is 19.1 Å². The molecule has 0 heterocycles. The van der Waals surface area contributed by atoms with Crippen molar-refractivity contribution in [3.63, 3.8) is 0 Å². The van der Waals surface area contributed by atoms with Crippen molar-refractivity contribution >= 4 is 6.03 Å². The number of carbonyl (C=O) groups excluding carboxylic acids is 1. The molecule has 0 bridgehead atoms. The molecule has 2 atom stereocenters. The SMILES string of the molecule is C=C=CCNC(=O)NC[C@@H]1C[C@H]1c1ccccc1. The number of hydrogen-bond acceptors (Lipinski definition) is 1. The predicted octanol–water partition coefficient (Wildman–Crippen LogP) is 2.43. The predicted molar refractivity (Wildman–Crippen MR) is 72.4 cm³/mol. The van der Waals surface area contributed by atoms with E-state index < -0.39 is 0 Å². The van der Waals surface area contributed by atoms with Crippen molar-refractivity contribution < 1.29 is 4.79 Å². The summed E-state index contributed by atoms with van der Waals surface area (Å²) in [6.07, 6.45) is 2.85. The van der Waals surface area contributed by atoms with E-state index in [1.165, 1.54) is 5.56 Å². The van der Waals surface area contributed by atoms with Crippen LogP contribution in [-0.2, 0) is 0 Å². The summed E-state index contributed by atoms with van der Waals surface area (Å²) in [5, 5.41) is 5.60. The number of nitrogens with one attached hydrogen (secondary N) is 2. The van der Waals surface area contributed by atoms with E-state index in [2.05, 4.69) is 47.2 Å². The zero-order valence-electron chi connectivity index (χ0n) is 10.4. The lowest BCUT2D eigenvalue weighted by Gasteiger charge is -2.05. The van der Waals surface area contributed by atoms with Gasteiger partial charge in [0.2, 0.25) is 0 Å². The molecule has 0 aliphatic heterocycles. The zero-order valence-corrected chi connectivity index (χ0v) is 10.4. The molecule has 0 saturated heterocycles. The minimum Gasteiger partial charge on any atom is -0.338 e. The minimum absolute atomic E-state index is 0.125. The van der Waals surface area contributed by atoms with E-state index in [0.29, 0.717) is 18.4 Å². The maximum absolute atomic E-state index is 11.4. The first-order valence-corrected chi connectivity index (χ1v) is 6.22. The third-order valence-corrected chi connectivity index (χ3v) is 3.18. The molecule has 1 aliphatic rings. The van der Waals surface area contributed by atoms with Crippen LogP contribution in [0.5, 0.6) is 0 Å². The zero-order chi connectivity index (χ0) is 12.8. The highest BCUT2D eigenvalue weighted by Gasteiger charge is 2.37. The molecule has 2 amide bonds. The number of rotatable bonds is 5. The Balaban J connectivity index is 1.68. The average Bonchev–Trinajstić information content (AvgIpc) is 3.17. The molecular weight excluding hydrogens is 224 g/mol. The fourth-order valence-electron chi connectivity index (χ4n) is 2.08. The molecule has 3 heteroatoms. The Kier molecular flexibility index (Phi) is 4.21. The topological polar surface area (TPSA) is 41.1 Å². The number of carbonyl (C=O) groups is 1. The normalized spacial score (nSPS) is 20.7. The molecule has 2 N–H and O–H groups in total. The van der Waals surface area contributed by atoms with Crippen molar-refractivity contribution in [1.82, 2.24) is 10.6 Å². The second-order valence-corrected chi connectivity index (χ2v) is 4.51. The molecule has 0 aromatic heterocycles. The van der Waals surface area contributed by atoms with E-state index in [1.54, 1.807) is 6.08 Å². The first kappa shape index (κ1) is 12.5. The van der Waals surface area contributed by atoms with Crippen molar-refractivity contribution in [1.29, 1.82) is 0 Å². The molecule has 1 aliphatic carbocycles. The minimum atomic E-state index is -0.125. The Morgan fingerprint density at radius 2 is 2.17 bits per heavy atom. The second kappa shape index (κ2) is 6.08. The monoisotopic (exact) mass is 242 g/mol. The summed E-state index contributed by atoms with van der Waals surface area (Å²) < 4.78 is 0. The summed E-state index contributed by atoms with van der Waals surface area (Å²) in [4.78, 5) is 11.4. The van der Waals surface area contributed by atoms with Gasteiger partial charge in [0.05, 0.1) is 0 Å². The summed E-state index contributed by atoms with van der Waals surface area (Å²) in [6.45, 7) is 4.65. The van der Waals surface area contributed by atoms with Gasteiger partial charge in [0.15, 0.2) is 0 Å². The maximum atomic E-state index is 11.4. The van der Waals surface area contributed by atoms with Crippen molar-refractivity contribution in [2.24, 2.45) is 5.92 Å². The van der Waals surface area contributed by atoms with Gasteiger partial charge in [-0.3, -0.25) is 0 Å². The average molecular weight is 242 g/mol. The lowest BCUT2D eigenvalue weighted by molar-refractivity contribution is 0.241. The molecule has 0 spiro atoms. The molecule has 1 fully saturated rings. The second-order valence-electron chi connectivity index (χ2n) is 4.51. The number of hydrogen-bond donors (Lipinski definition) is 2. The Morgan fingerprint density at radius 3 is 2.89 bits per heavy atom. The van der Waals surface area contributed by atoms with Gasteiger partial charge in [0, 0.05) is 13.1 Å². The molecule has 1 saturated carbocycles. The van der Waals surface area contributed by atoms with Gasteiger partial charge >= 0.3 is 6.03 Å². The lowest BCUT2D eigenvalue weighted by Crippen LogP contribution is -2.36. The van der Waals surface area contributed by atoms with E-state index in [9.17, 15) is 4.79 Å². The Bertz CT molecular complexity index is 449.